The summed E-state index contributed by atoms with van der Waals surface area (Å²) in [5, 5.41) is 25.5. The summed E-state index contributed by atoms with van der Waals surface area (Å²) in [4.78, 5) is 27.5. The minimum Gasteiger partial charge on any atom is -0.504 e. The molecule has 0 aliphatic heterocycles. The first-order valence-corrected chi connectivity index (χ1v) is 9.98. The number of nitrogens with zero attached hydrogens (tertiary/aromatic N) is 1. The number of H-pyrrole nitrogens is 1. The van der Waals surface area contributed by atoms with Crippen LogP contribution < -0.4 is 21.1 Å². The van der Waals surface area contributed by atoms with Gasteiger partial charge in [-0.3, -0.25) is 10.1 Å². The molecule has 3 amide bonds. The molecule has 9 nitrogen and oxygen atoms in total. The third-order valence-corrected chi connectivity index (χ3v) is 5.30. The first-order chi connectivity index (χ1) is 15.4. The summed E-state index contributed by atoms with van der Waals surface area (Å²) < 4.78 is 5.16. The van der Waals surface area contributed by atoms with Crippen molar-refractivity contribution in [1.82, 2.24) is 15.6 Å². The van der Waals surface area contributed by atoms with Gasteiger partial charge >= 0.3 is 6.03 Å². The van der Waals surface area contributed by atoms with Gasteiger partial charge in [-0.1, -0.05) is 36.5 Å². The number of rotatable bonds is 7. The molecule has 3 rings (SSSR count). The van der Waals surface area contributed by atoms with E-state index in [4.69, 9.17) is 28.0 Å². The van der Waals surface area contributed by atoms with E-state index in [1.165, 1.54) is 13.2 Å². The molecule has 2 aromatic carbocycles. The van der Waals surface area contributed by atoms with Crippen molar-refractivity contribution in [1.29, 1.82) is 5.26 Å². The zero-order chi connectivity index (χ0) is 23.3. The number of hydrogen-bond acceptors (Lipinski definition) is 6. The number of aromatic amines is 1. The number of carbonyl (C=O) groups excluding carboxylic acids is 2. The van der Waals surface area contributed by atoms with Crippen molar-refractivity contribution in [3.8, 4) is 17.6 Å². The van der Waals surface area contributed by atoms with E-state index in [-0.39, 0.29) is 35.0 Å². The predicted octanol–water partition coefficient (Wildman–Crippen LogP) is 2.19. The van der Waals surface area contributed by atoms with Crippen LogP contribution in [0.5, 0.6) is 11.5 Å². The fraction of sp³-hybridized carbons (Fsp3) is 0.182. The SMILES string of the molecule is COc1ccc(C(Cc2c[nH]c3ccccc23)C(=O)NCC#N)c(C(=S)NC(N)=O)c1O. The van der Waals surface area contributed by atoms with Crippen molar-refractivity contribution in [2.75, 3.05) is 13.7 Å². The van der Waals surface area contributed by atoms with Gasteiger partial charge in [-0.25, -0.2) is 4.79 Å². The molecule has 1 aromatic heterocycles. The summed E-state index contributed by atoms with van der Waals surface area (Å²) >= 11 is 5.28. The molecule has 3 aromatic rings. The lowest BCUT2D eigenvalue weighted by molar-refractivity contribution is -0.122. The molecule has 1 heterocycles. The van der Waals surface area contributed by atoms with Crippen LogP contribution in [0.1, 0.15) is 22.6 Å². The van der Waals surface area contributed by atoms with Gasteiger partial charge in [0, 0.05) is 17.1 Å². The number of hydrogen-bond donors (Lipinski definition) is 5. The normalized spacial score (nSPS) is 11.4. The molecular formula is C22H21N5O4S. The number of para-hydroxylation sites is 1. The molecule has 10 heteroatoms. The van der Waals surface area contributed by atoms with Gasteiger partial charge in [-0.2, -0.15) is 5.26 Å². The van der Waals surface area contributed by atoms with Crippen LogP contribution >= 0.6 is 12.2 Å². The van der Waals surface area contributed by atoms with Gasteiger partial charge in [0.15, 0.2) is 11.5 Å². The lowest BCUT2D eigenvalue weighted by atomic mass is 9.87. The first kappa shape index (κ1) is 22.6. The Morgan fingerprint density at radius 2 is 2.06 bits per heavy atom. The number of phenols is 1. The lowest BCUT2D eigenvalue weighted by Crippen LogP contribution is -2.36. The van der Waals surface area contributed by atoms with Crippen LogP contribution in [0.3, 0.4) is 0 Å². The number of phenolic OH excluding ortho intramolecular Hbond substituents is 1. The number of benzene rings is 2. The van der Waals surface area contributed by atoms with Gasteiger partial charge in [0.05, 0.1) is 24.7 Å². The minimum absolute atomic E-state index is 0.0510. The van der Waals surface area contributed by atoms with Crippen molar-refractivity contribution in [3.63, 3.8) is 0 Å². The van der Waals surface area contributed by atoms with Crippen LogP contribution in [0.4, 0.5) is 4.79 Å². The van der Waals surface area contributed by atoms with E-state index in [2.05, 4.69) is 15.6 Å². The molecule has 164 valence electrons. The van der Waals surface area contributed by atoms with Crippen molar-refractivity contribution in [3.05, 3.63) is 59.3 Å². The summed E-state index contributed by atoms with van der Waals surface area (Å²) in [5.41, 5.74) is 7.37. The summed E-state index contributed by atoms with van der Waals surface area (Å²) in [7, 11) is 1.37. The predicted molar refractivity (Wildman–Crippen MR) is 122 cm³/mol. The van der Waals surface area contributed by atoms with Gasteiger partial charge < -0.3 is 25.9 Å². The topological polar surface area (TPSA) is 153 Å². The molecular weight excluding hydrogens is 430 g/mol. The summed E-state index contributed by atoms with van der Waals surface area (Å²) in [6.07, 6.45) is 2.04. The number of methoxy groups -OCH3 is 1. The number of nitrogens with two attached hydrogens (primary N) is 1. The van der Waals surface area contributed by atoms with E-state index in [0.717, 1.165) is 16.5 Å². The van der Waals surface area contributed by atoms with Crippen molar-refractivity contribution < 1.29 is 19.4 Å². The van der Waals surface area contributed by atoms with E-state index >= 15 is 0 Å². The summed E-state index contributed by atoms with van der Waals surface area (Å²) in [6, 6.07) is 11.7. The van der Waals surface area contributed by atoms with Gasteiger partial charge in [0.1, 0.15) is 11.5 Å². The maximum absolute atomic E-state index is 13.1. The molecule has 0 aliphatic rings. The minimum atomic E-state index is -0.912. The van der Waals surface area contributed by atoms with Crippen LogP contribution in [-0.4, -0.2) is 40.7 Å². The number of nitrogens with one attached hydrogen (secondary N) is 3. The molecule has 0 bridgehead atoms. The van der Waals surface area contributed by atoms with E-state index in [9.17, 15) is 14.7 Å². The van der Waals surface area contributed by atoms with Gasteiger partial charge in [0.25, 0.3) is 0 Å². The molecule has 0 fully saturated rings. The number of thiocarbonyl (C=S) groups is 1. The first-order valence-electron chi connectivity index (χ1n) is 9.57. The Morgan fingerprint density at radius 1 is 1.31 bits per heavy atom. The quantitative estimate of drug-likeness (QED) is 0.274. The smallest absolute Gasteiger partial charge is 0.317 e. The zero-order valence-corrected chi connectivity index (χ0v) is 18.0. The van der Waals surface area contributed by atoms with Gasteiger partial charge in [-0.05, 0) is 29.7 Å². The number of amides is 3. The van der Waals surface area contributed by atoms with Crippen LogP contribution in [0.25, 0.3) is 10.9 Å². The highest BCUT2D eigenvalue weighted by atomic mass is 32.1. The van der Waals surface area contributed by atoms with Crippen molar-refractivity contribution in [2.45, 2.75) is 12.3 Å². The number of nitriles is 1. The standard InChI is InChI=1S/C22H21N5O4S/c1-31-17-7-6-14(18(19(17)28)21(32)27-22(24)30)15(20(29)25-9-8-23)10-12-11-26-16-5-3-2-4-13(12)16/h2-7,11,15,26,28H,9-10H2,1H3,(H,25,29)(H3,24,27,30,32). The molecule has 6 N–H and O–H groups in total. The number of carbonyl (C=O) groups is 2. The van der Waals surface area contributed by atoms with Crippen LogP contribution in [-0.2, 0) is 11.2 Å². The average molecular weight is 452 g/mol. The summed E-state index contributed by atoms with van der Waals surface area (Å²) in [5.74, 6) is -1.51. The Bertz CT molecular complexity index is 1230. The molecule has 1 atom stereocenters. The molecule has 1 unspecified atom stereocenters. The highest BCUT2D eigenvalue weighted by molar-refractivity contribution is 7.80. The maximum atomic E-state index is 13.1. The molecule has 32 heavy (non-hydrogen) atoms. The third kappa shape index (κ3) is 4.63. The number of urea groups is 1. The Hall–Kier alpha value is -4.10. The maximum Gasteiger partial charge on any atom is 0.317 e. The second-order valence-corrected chi connectivity index (χ2v) is 7.30. The summed E-state index contributed by atoms with van der Waals surface area (Å²) in [6.45, 7) is -0.190. The Labute approximate surface area is 189 Å². The van der Waals surface area contributed by atoms with E-state index in [1.807, 2.05) is 30.3 Å². The Kier molecular flexibility index (Phi) is 6.92. The fourth-order valence-electron chi connectivity index (χ4n) is 3.57. The molecule has 0 radical (unpaired) electrons. The fourth-order valence-corrected chi connectivity index (χ4v) is 3.89. The van der Waals surface area contributed by atoms with E-state index < -0.39 is 17.9 Å². The largest absolute Gasteiger partial charge is 0.504 e. The van der Waals surface area contributed by atoms with Gasteiger partial charge in [0.2, 0.25) is 5.91 Å². The highest BCUT2D eigenvalue weighted by Gasteiger charge is 2.29. The molecule has 0 spiro atoms. The van der Waals surface area contributed by atoms with Crippen molar-refractivity contribution >= 4 is 40.0 Å². The molecule has 0 saturated heterocycles. The lowest BCUT2D eigenvalue weighted by Gasteiger charge is -2.22. The molecule has 0 aliphatic carbocycles. The second kappa shape index (κ2) is 9.80. The highest BCUT2D eigenvalue weighted by Crippen LogP contribution is 2.37. The number of fused-ring (bicyclic) bond motifs is 1. The Morgan fingerprint density at radius 3 is 2.75 bits per heavy atom. The number of ether oxygens (including phenoxy) is 1. The van der Waals surface area contributed by atoms with Crippen LogP contribution in [0.15, 0.2) is 42.6 Å². The average Bonchev–Trinajstić information content (AvgIpc) is 3.18. The number of primary amides is 1. The Balaban J connectivity index is 2.14. The number of aromatic hydroxyl groups is 1. The zero-order valence-electron chi connectivity index (χ0n) is 17.1. The molecule has 0 saturated carbocycles. The van der Waals surface area contributed by atoms with Crippen LogP contribution in [0, 0.1) is 11.3 Å². The van der Waals surface area contributed by atoms with Gasteiger partial charge in [-0.15, -0.1) is 0 Å². The van der Waals surface area contributed by atoms with E-state index in [0.29, 0.717) is 5.56 Å². The van der Waals surface area contributed by atoms with E-state index in [1.54, 1.807) is 12.3 Å². The van der Waals surface area contributed by atoms with Crippen molar-refractivity contribution in [2.24, 2.45) is 5.73 Å². The van der Waals surface area contributed by atoms with Crippen LogP contribution in [0.2, 0.25) is 0 Å². The second-order valence-electron chi connectivity index (χ2n) is 6.89. The third-order valence-electron chi connectivity index (χ3n) is 4.99. The monoisotopic (exact) mass is 451 g/mol. The number of aromatic nitrogens is 1.